The predicted molar refractivity (Wildman–Crippen MR) is 199 cm³/mol. The highest BCUT2D eigenvalue weighted by Crippen LogP contribution is 2.40. The Hall–Kier alpha value is -5.07. The molecule has 3 aromatic carbocycles. The van der Waals surface area contributed by atoms with E-state index in [1.807, 2.05) is 80.6 Å². The number of carbonyl (C=O) groups excluding carboxylic acids is 2. The number of imidazole rings is 1. The lowest BCUT2D eigenvalue weighted by Crippen LogP contribution is -2.75. The fraction of sp³-hybridized carbons (Fsp3) is 0.308. The standard InChI is InChI=1S/C39H39BrN8O3/c1-25-18-27(8-13-32(25)40)37(50)46-21-34-35(36(49)42-19-28-6-4-5-7-31(28)33-14-16-41-24-43-33)48(38(51)47(34)20-26(46)2)30-11-9-29(10-12-30)45-22-39(23-45)15-17-44(39)3/h4-14,16,18,24,26H,15,17,19-23H2,1-3H3,(H,42,49)/t26-/m1/s1. The van der Waals surface area contributed by atoms with E-state index >= 15 is 0 Å². The van der Waals surface area contributed by atoms with Crippen LogP contribution in [0.5, 0.6) is 0 Å². The number of hydrogen-bond donors (Lipinski definition) is 1. The van der Waals surface area contributed by atoms with Gasteiger partial charge in [0.15, 0.2) is 0 Å². The van der Waals surface area contributed by atoms with Crippen LogP contribution in [0.2, 0.25) is 0 Å². The number of benzene rings is 3. The molecule has 8 rings (SSSR count). The van der Waals surface area contributed by atoms with Crippen LogP contribution < -0.4 is 15.9 Å². The van der Waals surface area contributed by atoms with Crippen LogP contribution in [0.4, 0.5) is 5.69 Å². The molecule has 2 amide bonds. The van der Waals surface area contributed by atoms with Crippen LogP contribution in [-0.2, 0) is 19.6 Å². The highest BCUT2D eigenvalue weighted by atomic mass is 79.9. The molecule has 3 aliphatic rings. The molecule has 2 saturated heterocycles. The summed E-state index contributed by atoms with van der Waals surface area (Å²) >= 11 is 3.53. The third-order valence-electron chi connectivity index (χ3n) is 10.9. The molecule has 0 saturated carbocycles. The van der Waals surface area contributed by atoms with Crippen molar-refractivity contribution in [2.45, 2.75) is 51.5 Å². The number of fused-ring (bicyclic) bond motifs is 1. The van der Waals surface area contributed by atoms with Crippen molar-refractivity contribution in [2.75, 3.05) is 31.6 Å². The second-order valence-electron chi connectivity index (χ2n) is 14.0. The van der Waals surface area contributed by atoms with Crippen molar-refractivity contribution < 1.29 is 9.59 Å². The van der Waals surface area contributed by atoms with Gasteiger partial charge in [-0.3, -0.25) is 23.6 Å². The van der Waals surface area contributed by atoms with Gasteiger partial charge in [-0.2, -0.15) is 0 Å². The summed E-state index contributed by atoms with van der Waals surface area (Å²) in [5.74, 6) is -0.551. The van der Waals surface area contributed by atoms with E-state index in [1.54, 1.807) is 21.7 Å². The van der Waals surface area contributed by atoms with Gasteiger partial charge in [-0.25, -0.2) is 14.8 Å². The first-order chi connectivity index (χ1) is 24.6. The maximum absolute atomic E-state index is 14.4. The molecule has 5 aromatic rings. The monoisotopic (exact) mass is 746 g/mol. The Kier molecular flexibility index (Phi) is 8.38. The Morgan fingerprint density at radius 2 is 1.78 bits per heavy atom. The van der Waals surface area contributed by atoms with Gasteiger partial charge in [-0.1, -0.05) is 40.2 Å². The van der Waals surface area contributed by atoms with E-state index in [0.29, 0.717) is 16.9 Å². The first kappa shape index (κ1) is 33.1. The maximum Gasteiger partial charge on any atom is 0.333 e. The minimum atomic E-state index is -0.401. The summed E-state index contributed by atoms with van der Waals surface area (Å²) in [6, 6.07) is 22.7. The Morgan fingerprint density at radius 3 is 2.47 bits per heavy atom. The number of likely N-dealkylation sites (tertiary alicyclic amines) is 1. The fourth-order valence-corrected chi connectivity index (χ4v) is 7.90. The van der Waals surface area contributed by atoms with E-state index in [9.17, 15) is 14.4 Å². The lowest BCUT2D eigenvalue weighted by Gasteiger charge is -2.62. The molecule has 0 radical (unpaired) electrons. The van der Waals surface area contributed by atoms with Gasteiger partial charge in [0.2, 0.25) is 0 Å². The first-order valence-corrected chi connectivity index (χ1v) is 18.0. The van der Waals surface area contributed by atoms with Gasteiger partial charge < -0.3 is 15.1 Å². The number of amides is 2. The van der Waals surface area contributed by atoms with Crippen molar-refractivity contribution >= 4 is 33.4 Å². The maximum atomic E-state index is 14.4. The molecule has 11 nitrogen and oxygen atoms in total. The second kappa shape index (κ2) is 12.9. The van der Waals surface area contributed by atoms with Crippen molar-refractivity contribution in [3.8, 4) is 16.9 Å². The largest absolute Gasteiger partial charge is 0.368 e. The molecule has 12 heteroatoms. The summed E-state index contributed by atoms with van der Waals surface area (Å²) < 4.78 is 4.09. The van der Waals surface area contributed by atoms with Gasteiger partial charge in [-0.05, 0) is 87.0 Å². The molecule has 51 heavy (non-hydrogen) atoms. The molecule has 5 heterocycles. The van der Waals surface area contributed by atoms with E-state index in [2.05, 4.69) is 48.1 Å². The number of hydrogen-bond acceptors (Lipinski definition) is 7. The molecule has 0 unspecified atom stereocenters. The van der Waals surface area contributed by atoms with Crippen molar-refractivity contribution in [2.24, 2.45) is 0 Å². The van der Waals surface area contributed by atoms with Crippen LogP contribution in [0, 0.1) is 6.92 Å². The van der Waals surface area contributed by atoms with Gasteiger partial charge >= 0.3 is 5.69 Å². The van der Waals surface area contributed by atoms with E-state index in [-0.39, 0.29) is 48.5 Å². The molecule has 0 bridgehead atoms. The van der Waals surface area contributed by atoms with E-state index in [1.165, 1.54) is 17.3 Å². The Bertz CT molecular complexity index is 2210. The molecule has 2 aromatic heterocycles. The highest BCUT2D eigenvalue weighted by Gasteiger charge is 2.51. The van der Waals surface area contributed by atoms with Crippen molar-refractivity contribution in [3.63, 3.8) is 0 Å². The number of aromatic nitrogens is 4. The van der Waals surface area contributed by atoms with E-state index in [4.69, 9.17) is 0 Å². The third-order valence-corrected chi connectivity index (χ3v) is 11.8. The number of likely N-dealkylation sites (N-methyl/N-ethyl adjacent to an activating group) is 1. The van der Waals surface area contributed by atoms with Crippen LogP contribution in [0.3, 0.4) is 0 Å². The van der Waals surface area contributed by atoms with E-state index in [0.717, 1.165) is 52.2 Å². The second-order valence-corrected chi connectivity index (χ2v) is 14.8. The number of nitrogens with one attached hydrogen (secondary N) is 1. The SMILES string of the molecule is Cc1cc(C(=O)N2Cc3c(C(=O)NCc4ccccc4-c4ccncn4)n(-c4ccc(N5CC6(CCN6C)C5)cc4)c(=O)n3C[C@H]2C)ccc1Br. The molecular weight excluding hydrogens is 708 g/mol. The molecular formula is C39H39BrN8O3. The first-order valence-electron chi connectivity index (χ1n) is 17.2. The Labute approximate surface area is 304 Å². The zero-order valence-electron chi connectivity index (χ0n) is 28.8. The fourth-order valence-electron chi connectivity index (χ4n) is 7.65. The zero-order valence-corrected chi connectivity index (χ0v) is 30.4. The van der Waals surface area contributed by atoms with Gasteiger partial charge in [-0.15, -0.1) is 0 Å². The van der Waals surface area contributed by atoms with Crippen LogP contribution in [0.25, 0.3) is 16.9 Å². The number of rotatable bonds is 7. The van der Waals surface area contributed by atoms with Crippen molar-refractivity contribution in [3.05, 3.63) is 128 Å². The number of carbonyl (C=O) groups is 2. The summed E-state index contributed by atoms with van der Waals surface area (Å²) in [6.07, 6.45) is 4.40. The zero-order chi connectivity index (χ0) is 35.4. The summed E-state index contributed by atoms with van der Waals surface area (Å²) in [5, 5.41) is 3.10. The molecule has 3 aliphatic heterocycles. The summed E-state index contributed by atoms with van der Waals surface area (Å²) in [7, 11) is 2.18. The smallest absolute Gasteiger partial charge is 0.333 e. The minimum Gasteiger partial charge on any atom is -0.368 e. The Morgan fingerprint density at radius 1 is 1.02 bits per heavy atom. The number of halogens is 1. The number of nitrogens with zero attached hydrogens (tertiary/aromatic N) is 7. The van der Waals surface area contributed by atoms with Crippen LogP contribution >= 0.6 is 15.9 Å². The van der Waals surface area contributed by atoms with Crippen molar-refractivity contribution in [1.29, 1.82) is 0 Å². The average molecular weight is 748 g/mol. The predicted octanol–water partition coefficient (Wildman–Crippen LogP) is 5.04. The topological polar surface area (TPSA) is 109 Å². The Balaban J connectivity index is 1.14. The summed E-state index contributed by atoms with van der Waals surface area (Å²) in [4.78, 5) is 57.6. The van der Waals surface area contributed by atoms with Gasteiger partial charge in [0.25, 0.3) is 11.8 Å². The van der Waals surface area contributed by atoms with Crippen LogP contribution in [-0.4, -0.2) is 79.0 Å². The molecule has 0 aliphatic carbocycles. The minimum absolute atomic E-state index is 0.110. The third kappa shape index (κ3) is 5.76. The van der Waals surface area contributed by atoms with Crippen LogP contribution in [0.15, 0.2) is 94.6 Å². The van der Waals surface area contributed by atoms with Gasteiger partial charge in [0.1, 0.15) is 12.0 Å². The lowest BCUT2D eigenvalue weighted by atomic mass is 9.78. The molecule has 1 N–H and O–H groups in total. The van der Waals surface area contributed by atoms with Crippen LogP contribution in [0.1, 0.15) is 51.0 Å². The van der Waals surface area contributed by atoms with Gasteiger partial charge in [0.05, 0.1) is 29.2 Å². The average Bonchev–Trinajstić information content (AvgIpc) is 3.41. The normalized spacial score (nSPS) is 17.8. The molecule has 2 fully saturated rings. The highest BCUT2D eigenvalue weighted by molar-refractivity contribution is 9.10. The quantitative estimate of drug-likeness (QED) is 0.249. The molecule has 1 spiro atoms. The number of anilines is 1. The lowest BCUT2D eigenvalue weighted by molar-refractivity contribution is -0.0127. The molecule has 260 valence electrons. The number of aryl methyl sites for hydroxylation is 1. The summed E-state index contributed by atoms with van der Waals surface area (Å²) in [5.41, 5.74) is 6.40. The van der Waals surface area contributed by atoms with E-state index < -0.39 is 5.91 Å². The molecule has 1 atom stereocenters. The van der Waals surface area contributed by atoms with Gasteiger partial charge in [0, 0.05) is 66.2 Å². The van der Waals surface area contributed by atoms with Crippen molar-refractivity contribution in [1.82, 2.24) is 34.2 Å². The summed E-state index contributed by atoms with van der Waals surface area (Å²) in [6.45, 7) is 7.56.